The number of hydrogen-bond acceptors (Lipinski definition) is 8. The fourth-order valence-corrected chi connectivity index (χ4v) is 3.60. The van der Waals surface area contributed by atoms with E-state index in [0.717, 1.165) is 19.3 Å². The van der Waals surface area contributed by atoms with Gasteiger partial charge in [0.2, 0.25) is 0 Å². The first kappa shape index (κ1) is 27.3. The SMILES string of the molecule is CCCCCCCCCCCC(=O)OC[C@@H](O)[C@H]1OC[C@H](OCCO)[C@H]1OCCO. The first-order chi connectivity index (χ1) is 14.6. The molecule has 0 radical (unpaired) electrons. The summed E-state index contributed by atoms with van der Waals surface area (Å²) in [5.41, 5.74) is 0. The Balaban J connectivity index is 2.20. The van der Waals surface area contributed by atoms with Crippen molar-refractivity contribution in [3.8, 4) is 0 Å². The lowest BCUT2D eigenvalue weighted by molar-refractivity contribution is -0.153. The van der Waals surface area contributed by atoms with Gasteiger partial charge >= 0.3 is 5.97 Å². The normalized spacial score (nSPS) is 22.3. The van der Waals surface area contributed by atoms with Crippen LogP contribution in [0.4, 0.5) is 0 Å². The van der Waals surface area contributed by atoms with Crippen LogP contribution in [-0.4, -0.2) is 85.3 Å². The summed E-state index contributed by atoms with van der Waals surface area (Å²) in [5.74, 6) is -0.323. The van der Waals surface area contributed by atoms with Gasteiger partial charge in [0, 0.05) is 6.42 Å². The number of ether oxygens (including phenoxy) is 4. The first-order valence-corrected chi connectivity index (χ1v) is 11.5. The number of esters is 1. The fraction of sp³-hybridized carbons (Fsp3) is 0.955. The number of unbranched alkanes of at least 4 members (excludes halogenated alkanes) is 8. The van der Waals surface area contributed by atoms with Crippen LogP contribution in [0, 0.1) is 0 Å². The van der Waals surface area contributed by atoms with E-state index in [1.807, 2.05) is 0 Å². The quantitative estimate of drug-likeness (QED) is 0.209. The molecule has 0 unspecified atom stereocenters. The van der Waals surface area contributed by atoms with Gasteiger partial charge in [-0.25, -0.2) is 0 Å². The molecule has 1 fully saturated rings. The molecular weight excluding hydrogens is 392 g/mol. The van der Waals surface area contributed by atoms with Crippen molar-refractivity contribution < 1.29 is 39.1 Å². The summed E-state index contributed by atoms with van der Waals surface area (Å²) in [4.78, 5) is 11.9. The van der Waals surface area contributed by atoms with Crippen LogP contribution in [0.15, 0.2) is 0 Å². The molecule has 8 nitrogen and oxygen atoms in total. The van der Waals surface area contributed by atoms with Gasteiger partial charge < -0.3 is 34.3 Å². The molecule has 1 aliphatic rings. The van der Waals surface area contributed by atoms with E-state index >= 15 is 0 Å². The van der Waals surface area contributed by atoms with Crippen molar-refractivity contribution in [1.29, 1.82) is 0 Å². The molecule has 1 heterocycles. The summed E-state index contributed by atoms with van der Waals surface area (Å²) < 4.78 is 21.8. The van der Waals surface area contributed by atoms with Crippen LogP contribution in [0.25, 0.3) is 0 Å². The number of aliphatic hydroxyl groups excluding tert-OH is 3. The summed E-state index contributed by atoms with van der Waals surface area (Å²) >= 11 is 0. The third-order valence-corrected chi connectivity index (χ3v) is 5.25. The highest BCUT2D eigenvalue weighted by Crippen LogP contribution is 2.24. The lowest BCUT2D eigenvalue weighted by atomic mass is 10.1. The maximum absolute atomic E-state index is 11.9. The van der Waals surface area contributed by atoms with Gasteiger partial charge in [-0.05, 0) is 6.42 Å². The second kappa shape index (κ2) is 17.9. The van der Waals surface area contributed by atoms with Crippen molar-refractivity contribution in [2.24, 2.45) is 0 Å². The minimum Gasteiger partial charge on any atom is -0.463 e. The Morgan fingerprint density at radius 1 is 0.967 bits per heavy atom. The van der Waals surface area contributed by atoms with E-state index in [1.165, 1.54) is 38.5 Å². The molecule has 1 rings (SSSR count). The molecule has 3 N–H and O–H groups in total. The van der Waals surface area contributed by atoms with Crippen molar-refractivity contribution in [1.82, 2.24) is 0 Å². The van der Waals surface area contributed by atoms with Crippen LogP contribution in [0.2, 0.25) is 0 Å². The predicted octanol–water partition coefficient (Wildman–Crippen LogP) is 1.97. The fourth-order valence-electron chi connectivity index (χ4n) is 3.60. The molecule has 8 heteroatoms. The van der Waals surface area contributed by atoms with Gasteiger partial charge in [0.05, 0.1) is 33.0 Å². The molecule has 1 aliphatic heterocycles. The summed E-state index contributed by atoms with van der Waals surface area (Å²) in [5, 5.41) is 28.3. The van der Waals surface area contributed by atoms with E-state index in [-0.39, 0.29) is 45.6 Å². The third-order valence-electron chi connectivity index (χ3n) is 5.25. The summed E-state index contributed by atoms with van der Waals surface area (Å²) in [7, 11) is 0. The number of carbonyl (C=O) groups excluding carboxylic acids is 1. The molecule has 0 bridgehead atoms. The van der Waals surface area contributed by atoms with Gasteiger partial charge in [-0.15, -0.1) is 0 Å². The van der Waals surface area contributed by atoms with Crippen molar-refractivity contribution in [2.45, 2.75) is 95.5 Å². The zero-order valence-electron chi connectivity index (χ0n) is 18.5. The average molecular weight is 435 g/mol. The van der Waals surface area contributed by atoms with Crippen molar-refractivity contribution in [3.63, 3.8) is 0 Å². The third kappa shape index (κ3) is 11.6. The van der Waals surface area contributed by atoms with Crippen molar-refractivity contribution in [2.75, 3.05) is 39.6 Å². The number of carbonyl (C=O) groups is 1. The second-order valence-electron chi connectivity index (χ2n) is 7.82. The molecule has 0 aromatic heterocycles. The Morgan fingerprint density at radius 2 is 1.57 bits per heavy atom. The molecule has 178 valence electrons. The smallest absolute Gasteiger partial charge is 0.305 e. The van der Waals surface area contributed by atoms with Gasteiger partial charge in [0.15, 0.2) is 0 Å². The lowest BCUT2D eigenvalue weighted by Crippen LogP contribution is -2.44. The molecule has 0 spiro atoms. The first-order valence-electron chi connectivity index (χ1n) is 11.5. The van der Waals surface area contributed by atoms with E-state index in [4.69, 9.17) is 29.2 Å². The van der Waals surface area contributed by atoms with Crippen LogP contribution in [-0.2, 0) is 23.7 Å². The van der Waals surface area contributed by atoms with Gasteiger partial charge in [0.1, 0.15) is 31.0 Å². The van der Waals surface area contributed by atoms with Crippen LogP contribution < -0.4 is 0 Å². The predicted molar refractivity (Wildman–Crippen MR) is 112 cm³/mol. The van der Waals surface area contributed by atoms with E-state index in [9.17, 15) is 9.90 Å². The zero-order chi connectivity index (χ0) is 22.0. The average Bonchev–Trinajstić information content (AvgIpc) is 3.16. The maximum atomic E-state index is 11.9. The van der Waals surface area contributed by atoms with Crippen LogP contribution in [0.5, 0.6) is 0 Å². The topological polar surface area (TPSA) is 115 Å². The number of aliphatic hydroxyl groups is 3. The van der Waals surface area contributed by atoms with E-state index in [1.54, 1.807) is 0 Å². The highest BCUT2D eigenvalue weighted by Gasteiger charge is 2.43. The maximum Gasteiger partial charge on any atom is 0.305 e. The van der Waals surface area contributed by atoms with Gasteiger partial charge in [0.25, 0.3) is 0 Å². The van der Waals surface area contributed by atoms with Crippen LogP contribution in [0.3, 0.4) is 0 Å². The van der Waals surface area contributed by atoms with Crippen LogP contribution >= 0.6 is 0 Å². The van der Waals surface area contributed by atoms with E-state index in [2.05, 4.69) is 6.92 Å². The molecule has 30 heavy (non-hydrogen) atoms. The Morgan fingerprint density at radius 3 is 2.20 bits per heavy atom. The molecule has 0 aromatic rings. The second-order valence-corrected chi connectivity index (χ2v) is 7.82. The monoisotopic (exact) mass is 434 g/mol. The Hall–Kier alpha value is -0.770. The summed E-state index contributed by atoms with van der Waals surface area (Å²) in [6, 6.07) is 0. The van der Waals surface area contributed by atoms with Gasteiger partial charge in [-0.3, -0.25) is 4.79 Å². The molecular formula is C22H42O8. The Bertz CT molecular complexity index is 420. The Labute approximate surface area is 180 Å². The minimum absolute atomic E-state index is 0.0780. The largest absolute Gasteiger partial charge is 0.463 e. The number of hydrogen-bond donors (Lipinski definition) is 3. The summed E-state index contributed by atoms with van der Waals surface area (Å²) in [6.45, 7) is 2.15. The van der Waals surface area contributed by atoms with Crippen molar-refractivity contribution >= 4 is 5.97 Å². The number of rotatable bonds is 19. The molecule has 0 saturated carbocycles. The molecule has 4 atom stereocenters. The zero-order valence-corrected chi connectivity index (χ0v) is 18.5. The van der Waals surface area contributed by atoms with E-state index < -0.39 is 24.4 Å². The highest BCUT2D eigenvalue weighted by atomic mass is 16.6. The highest BCUT2D eigenvalue weighted by molar-refractivity contribution is 5.69. The van der Waals surface area contributed by atoms with Gasteiger partial charge in [-0.2, -0.15) is 0 Å². The molecule has 1 saturated heterocycles. The molecule has 0 aliphatic carbocycles. The Kier molecular flexibility index (Phi) is 16.2. The standard InChI is InChI=1S/C22H42O8/c1-2-3-4-5-6-7-8-9-10-11-20(26)29-16-18(25)21-22(28-15-13-24)19(17-30-21)27-14-12-23/h18-19,21-25H,2-17H2,1H3/t18-,19+,21-,22-/m1/s1. The van der Waals surface area contributed by atoms with Gasteiger partial charge in [-0.1, -0.05) is 58.3 Å². The molecule has 0 aromatic carbocycles. The van der Waals surface area contributed by atoms with Crippen molar-refractivity contribution in [3.05, 3.63) is 0 Å². The molecule has 0 amide bonds. The minimum atomic E-state index is -1.05. The van der Waals surface area contributed by atoms with Crippen LogP contribution in [0.1, 0.15) is 71.1 Å². The summed E-state index contributed by atoms with van der Waals surface area (Å²) in [6.07, 6.45) is 8.12. The van der Waals surface area contributed by atoms with E-state index in [0.29, 0.717) is 6.42 Å². The lowest BCUT2D eigenvalue weighted by Gasteiger charge is -2.26.